The van der Waals surface area contributed by atoms with E-state index in [0.717, 1.165) is 32.0 Å². The molecule has 3 rings (SSSR count). The lowest BCUT2D eigenvalue weighted by atomic mass is 10.1. The van der Waals surface area contributed by atoms with E-state index in [1.165, 1.54) is 23.3 Å². The van der Waals surface area contributed by atoms with Crippen LogP contribution in [0.5, 0.6) is 0 Å². The first-order chi connectivity index (χ1) is 14.4. The van der Waals surface area contributed by atoms with E-state index in [1.807, 2.05) is 13.0 Å². The Morgan fingerprint density at radius 2 is 1.87 bits per heavy atom. The Labute approximate surface area is 177 Å². The van der Waals surface area contributed by atoms with Crippen molar-refractivity contribution in [3.63, 3.8) is 0 Å². The Morgan fingerprint density at radius 3 is 2.53 bits per heavy atom. The molecule has 2 saturated heterocycles. The monoisotopic (exact) mass is 425 g/mol. The molecular formula is C22H34F3N5. The smallest absolute Gasteiger partial charge is 0.357 e. The van der Waals surface area contributed by atoms with Gasteiger partial charge < -0.3 is 10.6 Å². The molecule has 8 heteroatoms. The molecule has 0 aliphatic carbocycles. The number of nitrogens with zero attached hydrogens (tertiary/aromatic N) is 3. The SMILES string of the molecule is CCNC(=NCC(c1ccccc1)N1CCCC1)NCC1CCN(CC(F)(F)F)C1. The van der Waals surface area contributed by atoms with Crippen LogP contribution in [0.4, 0.5) is 13.2 Å². The highest BCUT2D eigenvalue weighted by Gasteiger charge is 2.34. The third-order valence-electron chi connectivity index (χ3n) is 5.86. The first kappa shape index (κ1) is 22.9. The molecule has 0 aromatic heterocycles. The maximum Gasteiger partial charge on any atom is 0.401 e. The number of guanidine groups is 1. The number of benzene rings is 1. The van der Waals surface area contributed by atoms with Crippen molar-refractivity contribution in [2.45, 2.75) is 38.4 Å². The number of hydrogen-bond donors (Lipinski definition) is 2. The second-order valence-electron chi connectivity index (χ2n) is 8.28. The molecule has 0 spiro atoms. The molecule has 2 fully saturated rings. The Morgan fingerprint density at radius 1 is 1.13 bits per heavy atom. The van der Waals surface area contributed by atoms with Crippen LogP contribution < -0.4 is 10.6 Å². The number of alkyl halides is 3. The fraction of sp³-hybridized carbons (Fsp3) is 0.682. The number of likely N-dealkylation sites (tertiary alicyclic amines) is 2. The van der Waals surface area contributed by atoms with Gasteiger partial charge in [-0.05, 0) is 57.3 Å². The van der Waals surface area contributed by atoms with Gasteiger partial charge in [-0.2, -0.15) is 13.2 Å². The molecule has 2 aliphatic rings. The molecule has 0 bridgehead atoms. The highest BCUT2D eigenvalue weighted by atomic mass is 19.4. The van der Waals surface area contributed by atoms with Crippen LogP contribution in [-0.4, -0.2) is 74.3 Å². The van der Waals surface area contributed by atoms with Crippen LogP contribution in [-0.2, 0) is 0 Å². The van der Waals surface area contributed by atoms with Crippen molar-refractivity contribution in [3.05, 3.63) is 35.9 Å². The molecule has 1 aromatic rings. The highest BCUT2D eigenvalue weighted by molar-refractivity contribution is 5.79. The van der Waals surface area contributed by atoms with Gasteiger partial charge in [-0.15, -0.1) is 0 Å². The van der Waals surface area contributed by atoms with E-state index in [9.17, 15) is 13.2 Å². The van der Waals surface area contributed by atoms with Gasteiger partial charge in [0, 0.05) is 19.6 Å². The van der Waals surface area contributed by atoms with Gasteiger partial charge in [-0.3, -0.25) is 14.8 Å². The van der Waals surface area contributed by atoms with Crippen LogP contribution >= 0.6 is 0 Å². The summed E-state index contributed by atoms with van der Waals surface area (Å²) in [4.78, 5) is 8.82. The summed E-state index contributed by atoms with van der Waals surface area (Å²) in [6, 6.07) is 10.7. The average molecular weight is 426 g/mol. The fourth-order valence-corrected chi connectivity index (χ4v) is 4.40. The number of rotatable bonds is 8. The van der Waals surface area contributed by atoms with Gasteiger partial charge in [0.2, 0.25) is 0 Å². The van der Waals surface area contributed by atoms with Crippen LogP contribution in [0, 0.1) is 5.92 Å². The largest absolute Gasteiger partial charge is 0.401 e. The lowest BCUT2D eigenvalue weighted by Gasteiger charge is -2.27. The average Bonchev–Trinajstić information content (AvgIpc) is 3.38. The second-order valence-corrected chi connectivity index (χ2v) is 8.28. The fourth-order valence-electron chi connectivity index (χ4n) is 4.40. The predicted octanol–water partition coefficient (Wildman–Crippen LogP) is 3.26. The Bertz CT molecular complexity index is 658. The topological polar surface area (TPSA) is 42.9 Å². The minimum atomic E-state index is -4.12. The molecule has 2 N–H and O–H groups in total. The van der Waals surface area contributed by atoms with E-state index in [4.69, 9.17) is 4.99 Å². The normalized spacial score (nSPS) is 22.4. The van der Waals surface area contributed by atoms with E-state index >= 15 is 0 Å². The molecule has 2 atom stereocenters. The van der Waals surface area contributed by atoms with E-state index in [-0.39, 0.29) is 12.0 Å². The van der Waals surface area contributed by atoms with Gasteiger partial charge >= 0.3 is 6.18 Å². The summed E-state index contributed by atoms with van der Waals surface area (Å²) in [5, 5.41) is 6.64. The van der Waals surface area contributed by atoms with Gasteiger partial charge in [-0.25, -0.2) is 0 Å². The lowest BCUT2D eigenvalue weighted by Crippen LogP contribution is -2.41. The van der Waals surface area contributed by atoms with Gasteiger partial charge in [0.25, 0.3) is 0 Å². The van der Waals surface area contributed by atoms with Gasteiger partial charge in [-0.1, -0.05) is 30.3 Å². The molecule has 30 heavy (non-hydrogen) atoms. The van der Waals surface area contributed by atoms with Gasteiger partial charge in [0.15, 0.2) is 5.96 Å². The van der Waals surface area contributed by atoms with Crippen LogP contribution in [0.15, 0.2) is 35.3 Å². The predicted molar refractivity (Wildman–Crippen MR) is 115 cm³/mol. The summed E-state index contributed by atoms with van der Waals surface area (Å²) in [6.45, 7) is 6.42. The number of nitrogens with one attached hydrogen (secondary N) is 2. The van der Waals surface area contributed by atoms with E-state index in [2.05, 4.69) is 39.8 Å². The Kier molecular flexibility index (Phi) is 8.39. The number of aliphatic imine (C=N–C) groups is 1. The zero-order chi connectivity index (χ0) is 21.4. The summed E-state index contributed by atoms with van der Waals surface area (Å²) < 4.78 is 37.8. The van der Waals surface area contributed by atoms with Crippen molar-refractivity contribution in [1.82, 2.24) is 20.4 Å². The van der Waals surface area contributed by atoms with E-state index in [1.54, 1.807) is 0 Å². The summed E-state index contributed by atoms with van der Waals surface area (Å²) in [6.07, 6.45) is -0.896. The standard InChI is InChI=1S/C22H34F3N5/c1-2-26-21(27-14-18-10-13-29(16-18)17-22(23,24)25)28-15-20(30-11-6-7-12-30)19-8-4-3-5-9-19/h3-5,8-9,18,20H,2,6-7,10-17H2,1H3,(H2,26,27,28). The van der Waals surface area contributed by atoms with Crippen molar-refractivity contribution in [3.8, 4) is 0 Å². The van der Waals surface area contributed by atoms with E-state index < -0.39 is 12.7 Å². The Hall–Kier alpha value is -1.80. The molecule has 168 valence electrons. The molecule has 2 unspecified atom stereocenters. The summed E-state index contributed by atoms with van der Waals surface area (Å²) in [5.41, 5.74) is 1.28. The van der Waals surface area contributed by atoms with Crippen molar-refractivity contribution < 1.29 is 13.2 Å². The molecule has 0 saturated carbocycles. The third-order valence-corrected chi connectivity index (χ3v) is 5.86. The van der Waals surface area contributed by atoms with E-state index in [0.29, 0.717) is 26.2 Å². The molecule has 5 nitrogen and oxygen atoms in total. The molecule has 1 aromatic carbocycles. The van der Waals surface area contributed by atoms with Crippen LogP contribution in [0.3, 0.4) is 0 Å². The molecule has 0 amide bonds. The van der Waals surface area contributed by atoms with Crippen molar-refractivity contribution >= 4 is 5.96 Å². The van der Waals surface area contributed by atoms with Crippen LogP contribution in [0.1, 0.15) is 37.8 Å². The third kappa shape index (κ3) is 7.16. The minimum absolute atomic E-state index is 0.208. The summed E-state index contributed by atoms with van der Waals surface area (Å²) in [5.74, 6) is 0.951. The maximum atomic E-state index is 12.6. The maximum absolute atomic E-state index is 12.6. The zero-order valence-electron chi connectivity index (χ0n) is 17.8. The zero-order valence-corrected chi connectivity index (χ0v) is 17.8. The van der Waals surface area contributed by atoms with Crippen molar-refractivity contribution in [2.75, 3.05) is 52.4 Å². The number of halogens is 3. The lowest BCUT2D eigenvalue weighted by molar-refractivity contribution is -0.143. The minimum Gasteiger partial charge on any atom is -0.357 e. The highest BCUT2D eigenvalue weighted by Crippen LogP contribution is 2.25. The summed E-state index contributed by atoms with van der Waals surface area (Å²) in [7, 11) is 0. The van der Waals surface area contributed by atoms with Gasteiger partial charge in [0.05, 0.1) is 19.1 Å². The number of hydrogen-bond acceptors (Lipinski definition) is 3. The molecule has 2 aliphatic heterocycles. The second kappa shape index (κ2) is 11.0. The first-order valence-corrected chi connectivity index (χ1v) is 11.0. The van der Waals surface area contributed by atoms with Crippen molar-refractivity contribution in [2.24, 2.45) is 10.9 Å². The summed E-state index contributed by atoms with van der Waals surface area (Å²) >= 11 is 0. The molecule has 2 heterocycles. The molecule has 0 radical (unpaired) electrons. The van der Waals surface area contributed by atoms with Crippen LogP contribution in [0.2, 0.25) is 0 Å². The van der Waals surface area contributed by atoms with Gasteiger partial charge in [0.1, 0.15) is 0 Å². The first-order valence-electron chi connectivity index (χ1n) is 11.0. The van der Waals surface area contributed by atoms with Crippen LogP contribution in [0.25, 0.3) is 0 Å². The quantitative estimate of drug-likeness (QED) is 0.496. The Balaban J connectivity index is 1.56. The van der Waals surface area contributed by atoms with Crippen molar-refractivity contribution in [1.29, 1.82) is 0 Å². The molecular weight excluding hydrogens is 391 g/mol.